The number of rotatable bonds is 3. The van der Waals surface area contributed by atoms with Gasteiger partial charge in [-0.25, -0.2) is 4.98 Å². The Hall–Kier alpha value is -0.940. The molecule has 94 valence electrons. The van der Waals surface area contributed by atoms with Crippen LogP contribution in [-0.2, 0) is 4.79 Å². The molecule has 0 spiro atoms. The van der Waals surface area contributed by atoms with Crippen LogP contribution in [0, 0.1) is 12.8 Å². The van der Waals surface area contributed by atoms with Gasteiger partial charge in [0.1, 0.15) is 0 Å². The van der Waals surface area contributed by atoms with E-state index in [0.29, 0.717) is 6.54 Å². The van der Waals surface area contributed by atoms with Crippen molar-refractivity contribution in [3.63, 3.8) is 0 Å². The summed E-state index contributed by atoms with van der Waals surface area (Å²) in [6.45, 7) is 6.50. The Balaban J connectivity index is 2.09. The van der Waals surface area contributed by atoms with Gasteiger partial charge in [0.05, 0.1) is 11.6 Å². The van der Waals surface area contributed by atoms with Gasteiger partial charge in [-0.1, -0.05) is 0 Å². The van der Waals surface area contributed by atoms with E-state index in [4.69, 9.17) is 0 Å². The van der Waals surface area contributed by atoms with Crippen molar-refractivity contribution in [2.75, 3.05) is 24.5 Å². The first-order valence-electron chi connectivity index (χ1n) is 6.16. The number of nitrogens with one attached hydrogen (secondary N) is 1. The van der Waals surface area contributed by atoms with Crippen molar-refractivity contribution in [2.24, 2.45) is 5.92 Å². The Morgan fingerprint density at radius 2 is 2.53 bits per heavy atom. The first-order chi connectivity index (χ1) is 8.22. The molecule has 1 aliphatic rings. The first kappa shape index (κ1) is 12.5. The van der Waals surface area contributed by atoms with E-state index in [9.17, 15) is 4.79 Å². The van der Waals surface area contributed by atoms with Crippen molar-refractivity contribution >= 4 is 22.4 Å². The number of hydrogen-bond donors (Lipinski definition) is 1. The van der Waals surface area contributed by atoms with Crippen LogP contribution in [0.25, 0.3) is 0 Å². The monoisotopic (exact) mass is 253 g/mol. The minimum absolute atomic E-state index is 0.118. The molecular weight excluding hydrogens is 234 g/mol. The molecule has 1 amide bonds. The third kappa shape index (κ3) is 2.84. The molecule has 1 saturated heterocycles. The highest BCUT2D eigenvalue weighted by atomic mass is 32.1. The van der Waals surface area contributed by atoms with Gasteiger partial charge in [-0.15, -0.1) is 11.3 Å². The second-order valence-corrected chi connectivity index (χ2v) is 5.23. The number of aryl methyl sites for hydroxylation is 1. The maximum absolute atomic E-state index is 12.4. The lowest BCUT2D eigenvalue weighted by molar-refractivity contribution is -0.122. The summed E-state index contributed by atoms with van der Waals surface area (Å²) in [4.78, 5) is 18.6. The van der Waals surface area contributed by atoms with Gasteiger partial charge in [-0.2, -0.15) is 0 Å². The third-order valence-corrected chi connectivity index (χ3v) is 4.05. The lowest BCUT2D eigenvalue weighted by Gasteiger charge is -2.27. The highest BCUT2D eigenvalue weighted by Crippen LogP contribution is 2.23. The van der Waals surface area contributed by atoms with Crippen LogP contribution in [-0.4, -0.2) is 30.5 Å². The van der Waals surface area contributed by atoms with Gasteiger partial charge in [-0.3, -0.25) is 9.69 Å². The smallest absolute Gasteiger partial charge is 0.233 e. The van der Waals surface area contributed by atoms with Gasteiger partial charge in [-0.05, 0) is 33.2 Å². The number of anilines is 1. The molecule has 1 aromatic rings. The number of thiazole rings is 1. The molecule has 1 unspecified atom stereocenters. The second-order valence-electron chi connectivity index (χ2n) is 4.40. The number of amides is 1. The normalized spacial score (nSPS) is 20.2. The molecule has 2 rings (SSSR count). The second kappa shape index (κ2) is 5.60. The van der Waals surface area contributed by atoms with Gasteiger partial charge in [0.25, 0.3) is 0 Å². The predicted molar refractivity (Wildman–Crippen MR) is 70.5 cm³/mol. The van der Waals surface area contributed by atoms with Crippen LogP contribution in [0.3, 0.4) is 0 Å². The summed E-state index contributed by atoms with van der Waals surface area (Å²) in [5.74, 6) is 0.335. The van der Waals surface area contributed by atoms with Gasteiger partial charge in [0.2, 0.25) is 5.91 Å². The van der Waals surface area contributed by atoms with Crippen molar-refractivity contribution in [3.8, 4) is 0 Å². The summed E-state index contributed by atoms with van der Waals surface area (Å²) >= 11 is 1.55. The average Bonchev–Trinajstić information content (AvgIpc) is 2.78. The fourth-order valence-corrected chi connectivity index (χ4v) is 3.01. The van der Waals surface area contributed by atoms with Crippen LogP contribution in [0.2, 0.25) is 0 Å². The zero-order valence-corrected chi connectivity index (χ0v) is 11.2. The summed E-state index contributed by atoms with van der Waals surface area (Å²) in [6, 6.07) is 0. The Bertz CT molecular complexity index is 385. The molecule has 1 N–H and O–H groups in total. The highest BCUT2D eigenvalue weighted by Gasteiger charge is 2.27. The molecule has 0 saturated carbocycles. The van der Waals surface area contributed by atoms with E-state index < -0.39 is 0 Å². The van der Waals surface area contributed by atoms with Gasteiger partial charge in [0, 0.05) is 18.5 Å². The Morgan fingerprint density at radius 1 is 1.71 bits per heavy atom. The Kier molecular flexibility index (Phi) is 4.12. The highest BCUT2D eigenvalue weighted by molar-refractivity contribution is 7.14. The van der Waals surface area contributed by atoms with Crippen LogP contribution >= 0.6 is 11.3 Å². The number of hydrogen-bond acceptors (Lipinski definition) is 4. The molecule has 1 fully saturated rings. The fourth-order valence-electron chi connectivity index (χ4n) is 2.13. The van der Waals surface area contributed by atoms with Gasteiger partial charge in [0.15, 0.2) is 5.13 Å². The number of aromatic nitrogens is 1. The lowest BCUT2D eigenvalue weighted by atomic mass is 9.98. The van der Waals surface area contributed by atoms with E-state index in [0.717, 1.165) is 36.8 Å². The number of nitrogens with zero attached hydrogens (tertiary/aromatic N) is 2. The van der Waals surface area contributed by atoms with Crippen LogP contribution in [0.5, 0.6) is 0 Å². The van der Waals surface area contributed by atoms with Crippen LogP contribution in [0.4, 0.5) is 5.13 Å². The Morgan fingerprint density at radius 3 is 3.06 bits per heavy atom. The predicted octanol–water partition coefficient (Wildman–Crippen LogP) is 1.80. The molecule has 1 aromatic heterocycles. The maximum Gasteiger partial charge on any atom is 0.233 e. The molecule has 4 nitrogen and oxygen atoms in total. The quantitative estimate of drug-likeness (QED) is 0.893. The summed E-state index contributed by atoms with van der Waals surface area (Å²) < 4.78 is 0. The van der Waals surface area contributed by atoms with Gasteiger partial charge < -0.3 is 5.32 Å². The van der Waals surface area contributed by atoms with Crippen molar-refractivity contribution in [3.05, 3.63) is 11.1 Å². The Labute approximate surface area is 106 Å². The molecule has 1 atom stereocenters. The zero-order valence-electron chi connectivity index (χ0n) is 10.4. The molecule has 2 heterocycles. The summed E-state index contributed by atoms with van der Waals surface area (Å²) in [7, 11) is 0. The van der Waals surface area contributed by atoms with Crippen molar-refractivity contribution in [1.82, 2.24) is 10.3 Å². The molecular formula is C12H19N3OS. The van der Waals surface area contributed by atoms with E-state index >= 15 is 0 Å². The number of piperidine rings is 1. The molecule has 0 aromatic carbocycles. The third-order valence-electron chi connectivity index (χ3n) is 3.07. The van der Waals surface area contributed by atoms with E-state index in [2.05, 4.69) is 10.3 Å². The van der Waals surface area contributed by atoms with Crippen LogP contribution in [0.1, 0.15) is 25.5 Å². The fraction of sp³-hybridized carbons (Fsp3) is 0.667. The molecule has 0 radical (unpaired) electrons. The molecule has 5 heteroatoms. The minimum atomic E-state index is 0.118. The first-order valence-corrected chi connectivity index (χ1v) is 7.04. The van der Waals surface area contributed by atoms with E-state index in [-0.39, 0.29) is 11.8 Å². The molecule has 1 aliphatic heterocycles. The molecule has 17 heavy (non-hydrogen) atoms. The SMILES string of the molecule is CCN(C(=O)C1CCCNC1)c1nc(C)cs1. The van der Waals surface area contributed by atoms with Crippen molar-refractivity contribution in [1.29, 1.82) is 0 Å². The average molecular weight is 253 g/mol. The molecule has 0 aliphatic carbocycles. The van der Waals surface area contributed by atoms with Crippen molar-refractivity contribution < 1.29 is 4.79 Å². The van der Waals surface area contributed by atoms with E-state index in [1.807, 2.05) is 24.1 Å². The number of carbonyl (C=O) groups excluding carboxylic acids is 1. The van der Waals surface area contributed by atoms with E-state index in [1.165, 1.54) is 0 Å². The number of carbonyl (C=O) groups is 1. The zero-order chi connectivity index (χ0) is 12.3. The topological polar surface area (TPSA) is 45.2 Å². The standard InChI is InChI=1S/C12H19N3OS/c1-3-15(12-14-9(2)8-17-12)11(16)10-5-4-6-13-7-10/h8,10,13H,3-7H2,1-2H3. The summed E-state index contributed by atoms with van der Waals surface area (Å²) in [5, 5.41) is 6.11. The van der Waals surface area contributed by atoms with Crippen LogP contribution < -0.4 is 10.2 Å². The largest absolute Gasteiger partial charge is 0.316 e. The minimum Gasteiger partial charge on any atom is -0.316 e. The maximum atomic E-state index is 12.4. The van der Waals surface area contributed by atoms with Crippen LogP contribution in [0.15, 0.2) is 5.38 Å². The molecule has 0 bridgehead atoms. The van der Waals surface area contributed by atoms with E-state index in [1.54, 1.807) is 11.3 Å². The van der Waals surface area contributed by atoms with Gasteiger partial charge >= 0.3 is 0 Å². The summed E-state index contributed by atoms with van der Waals surface area (Å²) in [5.41, 5.74) is 0.984. The summed E-state index contributed by atoms with van der Waals surface area (Å²) in [6.07, 6.45) is 2.08. The van der Waals surface area contributed by atoms with Crippen molar-refractivity contribution in [2.45, 2.75) is 26.7 Å². The lowest BCUT2D eigenvalue weighted by Crippen LogP contribution is -2.43.